The number of aliphatic carboxylic acids is 1. The van der Waals surface area contributed by atoms with Gasteiger partial charge in [0.05, 0.1) is 12.6 Å². The third-order valence-corrected chi connectivity index (χ3v) is 2.81. The summed E-state index contributed by atoms with van der Waals surface area (Å²) < 4.78 is 0. The molecule has 1 heterocycles. The van der Waals surface area contributed by atoms with Crippen LogP contribution in [0.15, 0.2) is 0 Å². The van der Waals surface area contributed by atoms with Gasteiger partial charge in [0.25, 0.3) is 0 Å². The van der Waals surface area contributed by atoms with E-state index < -0.39 is 18.0 Å². The second-order valence-corrected chi connectivity index (χ2v) is 4.03. The first kappa shape index (κ1) is 12.8. The van der Waals surface area contributed by atoms with Crippen LogP contribution in [0.2, 0.25) is 0 Å². The molecule has 6 heteroatoms. The van der Waals surface area contributed by atoms with Crippen molar-refractivity contribution in [2.24, 2.45) is 0 Å². The van der Waals surface area contributed by atoms with Crippen LogP contribution < -0.4 is 5.32 Å². The molecule has 16 heavy (non-hydrogen) atoms. The van der Waals surface area contributed by atoms with Gasteiger partial charge in [-0.05, 0) is 26.2 Å². The number of hydrogen-bond donors (Lipinski definition) is 3. The van der Waals surface area contributed by atoms with E-state index in [0.717, 1.165) is 19.3 Å². The topological polar surface area (TPSA) is 89.9 Å². The number of aliphatic hydroxyl groups is 1. The number of amides is 2. The van der Waals surface area contributed by atoms with Gasteiger partial charge in [0.1, 0.15) is 6.04 Å². The molecule has 6 nitrogen and oxygen atoms in total. The minimum absolute atomic E-state index is 0.0745. The normalized spacial score (nSPS) is 22.6. The number of hydrogen-bond acceptors (Lipinski definition) is 3. The molecular formula is C10H18N2O4. The van der Waals surface area contributed by atoms with Crippen molar-refractivity contribution < 1.29 is 19.8 Å². The van der Waals surface area contributed by atoms with Crippen LogP contribution in [0.5, 0.6) is 0 Å². The summed E-state index contributed by atoms with van der Waals surface area (Å²) in [5.41, 5.74) is 0. The van der Waals surface area contributed by atoms with Gasteiger partial charge in [0.15, 0.2) is 0 Å². The second kappa shape index (κ2) is 5.69. The summed E-state index contributed by atoms with van der Waals surface area (Å²) in [5.74, 6) is -1.06. The van der Waals surface area contributed by atoms with Crippen molar-refractivity contribution in [3.63, 3.8) is 0 Å². The number of carboxylic acids is 1. The van der Waals surface area contributed by atoms with Gasteiger partial charge in [-0.3, -0.25) is 4.79 Å². The van der Waals surface area contributed by atoms with E-state index in [1.165, 1.54) is 11.8 Å². The van der Waals surface area contributed by atoms with E-state index in [4.69, 9.17) is 10.2 Å². The highest BCUT2D eigenvalue weighted by Gasteiger charge is 2.27. The fraction of sp³-hybridized carbons (Fsp3) is 0.800. The maximum atomic E-state index is 11.7. The molecule has 0 radical (unpaired) electrons. The zero-order valence-corrected chi connectivity index (χ0v) is 9.35. The molecule has 1 fully saturated rings. The molecule has 0 aromatic heterocycles. The third-order valence-electron chi connectivity index (χ3n) is 2.81. The number of nitrogens with one attached hydrogen (secondary N) is 1. The van der Waals surface area contributed by atoms with Crippen molar-refractivity contribution in [1.82, 2.24) is 10.2 Å². The summed E-state index contributed by atoms with van der Waals surface area (Å²) in [4.78, 5) is 23.8. The predicted octanol–water partition coefficient (Wildman–Crippen LogP) is 0.0159. The van der Waals surface area contributed by atoms with E-state index >= 15 is 0 Å². The van der Waals surface area contributed by atoms with Crippen LogP contribution in [-0.2, 0) is 4.79 Å². The fourth-order valence-electron chi connectivity index (χ4n) is 1.79. The summed E-state index contributed by atoms with van der Waals surface area (Å²) >= 11 is 0. The van der Waals surface area contributed by atoms with Crippen LogP contribution in [-0.4, -0.2) is 52.3 Å². The first-order valence-corrected chi connectivity index (χ1v) is 5.47. The van der Waals surface area contributed by atoms with Gasteiger partial charge in [-0.15, -0.1) is 0 Å². The van der Waals surface area contributed by atoms with E-state index in [9.17, 15) is 9.59 Å². The van der Waals surface area contributed by atoms with E-state index in [0.29, 0.717) is 6.54 Å². The summed E-state index contributed by atoms with van der Waals surface area (Å²) in [7, 11) is 0. The molecule has 2 atom stereocenters. The molecule has 0 aromatic carbocycles. The largest absolute Gasteiger partial charge is 0.480 e. The highest BCUT2D eigenvalue weighted by Crippen LogP contribution is 2.16. The predicted molar refractivity (Wildman–Crippen MR) is 57.1 cm³/mol. The van der Waals surface area contributed by atoms with Gasteiger partial charge >= 0.3 is 12.0 Å². The number of carboxylic acid groups (broad SMARTS) is 1. The minimum Gasteiger partial charge on any atom is -0.480 e. The summed E-state index contributed by atoms with van der Waals surface area (Å²) in [6, 6.07) is -1.50. The van der Waals surface area contributed by atoms with Crippen LogP contribution in [0.25, 0.3) is 0 Å². The van der Waals surface area contributed by atoms with Crippen LogP contribution >= 0.6 is 0 Å². The Labute approximate surface area is 94.2 Å². The lowest BCUT2D eigenvalue weighted by atomic mass is 10.0. The Morgan fingerprint density at radius 1 is 1.50 bits per heavy atom. The zero-order valence-electron chi connectivity index (χ0n) is 9.35. The lowest BCUT2D eigenvalue weighted by Gasteiger charge is -2.34. The van der Waals surface area contributed by atoms with Gasteiger partial charge in [-0.1, -0.05) is 0 Å². The number of likely N-dealkylation sites (tertiary alicyclic amines) is 1. The minimum atomic E-state index is -1.06. The van der Waals surface area contributed by atoms with Crippen LogP contribution in [0.1, 0.15) is 26.2 Å². The molecule has 2 amide bonds. The van der Waals surface area contributed by atoms with Gasteiger partial charge in [-0.25, -0.2) is 4.79 Å². The summed E-state index contributed by atoms with van der Waals surface area (Å²) in [6.07, 6.45) is 2.65. The molecule has 0 aromatic rings. The lowest BCUT2D eigenvalue weighted by Crippen LogP contribution is -2.53. The fourth-order valence-corrected chi connectivity index (χ4v) is 1.79. The molecule has 0 saturated carbocycles. The summed E-state index contributed by atoms with van der Waals surface area (Å²) in [5, 5.41) is 20.2. The maximum absolute atomic E-state index is 11.7. The molecule has 0 spiro atoms. The second-order valence-electron chi connectivity index (χ2n) is 4.03. The molecule has 3 N–H and O–H groups in total. The molecule has 2 unspecified atom stereocenters. The van der Waals surface area contributed by atoms with E-state index in [1.807, 2.05) is 0 Å². The van der Waals surface area contributed by atoms with Gasteiger partial charge < -0.3 is 20.4 Å². The van der Waals surface area contributed by atoms with E-state index in [2.05, 4.69) is 5.32 Å². The van der Waals surface area contributed by atoms with Crippen molar-refractivity contribution in [1.29, 1.82) is 0 Å². The number of aliphatic hydroxyl groups excluding tert-OH is 1. The van der Waals surface area contributed by atoms with Crippen molar-refractivity contribution >= 4 is 12.0 Å². The molecule has 1 saturated heterocycles. The van der Waals surface area contributed by atoms with Gasteiger partial charge in [-0.2, -0.15) is 0 Å². The van der Waals surface area contributed by atoms with Crippen molar-refractivity contribution in [3.05, 3.63) is 0 Å². The molecule has 1 aliphatic rings. The molecular weight excluding hydrogens is 212 g/mol. The quantitative estimate of drug-likeness (QED) is 0.637. The molecule has 0 aliphatic carbocycles. The first-order valence-electron chi connectivity index (χ1n) is 5.47. The Morgan fingerprint density at radius 3 is 2.75 bits per heavy atom. The monoisotopic (exact) mass is 230 g/mol. The smallest absolute Gasteiger partial charge is 0.325 e. The van der Waals surface area contributed by atoms with Crippen LogP contribution in [0.3, 0.4) is 0 Å². The van der Waals surface area contributed by atoms with E-state index in [1.54, 1.807) is 0 Å². The highest BCUT2D eigenvalue weighted by molar-refractivity contribution is 5.82. The molecule has 1 rings (SSSR count). The summed E-state index contributed by atoms with van der Waals surface area (Å²) in [6.45, 7) is 1.91. The van der Waals surface area contributed by atoms with Gasteiger partial charge in [0.2, 0.25) is 0 Å². The number of rotatable bonds is 3. The van der Waals surface area contributed by atoms with Gasteiger partial charge in [0, 0.05) is 6.54 Å². The average molecular weight is 230 g/mol. The number of carbonyl (C=O) groups is 2. The van der Waals surface area contributed by atoms with Crippen molar-refractivity contribution in [2.75, 3.05) is 13.2 Å². The van der Waals surface area contributed by atoms with Crippen LogP contribution in [0, 0.1) is 0 Å². The zero-order chi connectivity index (χ0) is 12.1. The molecule has 92 valence electrons. The van der Waals surface area contributed by atoms with Crippen molar-refractivity contribution in [3.8, 4) is 0 Å². The maximum Gasteiger partial charge on any atom is 0.325 e. The lowest BCUT2D eigenvalue weighted by molar-refractivity contribution is -0.138. The molecule has 0 bridgehead atoms. The Kier molecular flexibility index (Phi) is 4.54. The standard InChI is InChI=1S/C10H18N2O4/c1-7(9(14)15)11-10(16)12-5-3-2-4-8(12)6-13/h7-8,13H,2-6H2,1H3,(H,11,16)(H,14,15). The number of carbonyl (C=O) groups excluding carboxylic acids is 1. The number of urea groups is 1. The Hall–Kier alpha value is -1.30. The Balaban J connectivity index is 2.54. The average Bonchev–Trinajstić information content (AvgIpc) is 2.28. The number of piperidine rings is 1. The SMILES string of the molecule is CC(NC(=O)N1CCCCC1CO)C(=O)O. The highest BCUT2D eigenvalue weighted by atomic mass is 16.4. The Bertz CT molecular complexity index is 270. The third kappa shape index (κ3) is 3.10. The van der Waals surface area contributed by atoms with E-state index in [-0.39, 0.29) is 12.6 Å². The van der Waals surface area contributed by atoms with Crippen LogP contribution in [0.4, 0.5) is 4.79 Å². The van der Waals surface area contributed by atoms with Crippen molar-refractivity contribution in [2.45, 2.75) is 38.3 Å². The Morgan fingerprint density at radius 2 is 2.19 bits per heavy atom. The molecule has 1 aliphatic heterocycles. The number of nitrogens with zero attached hydrogens (tertiary/aromatic N) is 1. The first-order chi connectivity index (χ1) is 7.56.